The second-order valence-corrected chi connectivity index (χ2v) is 6.43. The Morgan fingerprint density at radius 1 is 1.14 bits per heavy atom. The molecule has 3 rings (SSSR count). The standard InChI is InChI=1S/C22H22N2O5/c1-28-19-6-3-2-5-16(19)8-13-22(27)29-15-20(25)23-17-9-11-18(12-10-17)24-14-4-7-21(24)26/h2-3,5-6,8-13H,4,7,14-15H2,1H3,(H,23,25)/b13-8+. The number of carbonyl (C=O) groups is 3. The van der Waals surface area contributed by atoms with E-state index in [1.807, 2.05) is 12.1 Å². The van der Waals surface area contributed by atoms with E-state index in [0.29, 0.717) is 24.4 Å². The number of anilines is 2. The molecule has 0 saturated carbocycles. The molecule has 0 aromatic heterocycles. The summed E-state index contributed by atoms with van der Waals surface area (Å²) in [6.07, 6.45) is 4.23. The molecule has 2 amide bonds. The van der Waals surface area contributed by atoms with Crippen LogP contribution in [0.4, 0.5) is 11.4 Å². The lowest BCUT2D eigenvalue weighted by Crippen LogP contribution is -2.23. The molecule has 1 aliphatic heterocycles. The first-order chi connectivity index (χ1) is 14.1. The van der Waals surface area contributed by atoms with Crippen molar-refractivity contribution in [2.24, 2.45) is 0 Å². The maximum absolute atomic E-state index is 12.0. The first kappa shape index (κ1) is 20.1. The molecule has 7 heteroatoms. The van der Waals surface area contributed by atoms with Gasteiger partial charge in [-0.3, -0.25) is 9.59 Å². The highest BCUT2D eigenvalue weighted by Gasteiger charge is 2.21. The molecule has 0 atom stereocenters. The maximum atomic E-state index is 12.0. The zero-order valence-corrected chi connectivity index (χ0v) is 16.1. The van der Waals surface area contributed by atoms with E-state index in [9.17, 15) is 14.4 Å². The molecule has 2 aromatic carbocycles. The third-order valence-electron chi connectivity index (χ3n) is 4.42. The first-order valence-corrected chi connectivity index (χ1v) is 9.25. The van der Waals surface area contributed by atoms with Gasteiger partial charge in [0.1, 0.15) is 5.75 Å². The van der Waals surface area contributed by atoms with Gasteiger partial charge >= 0.3 is 5.97 Å². The van der Waals surface area contributed by atoms with Gasteiger partial charge in [-0.1, -0.05) is 18.2 Å². The average molecular weight is 394 g/mol. The number of hydrogen-bond acceptors (Lipinski definition) is 5. The van der Waals surface area contributed by atoms with Crippen molar-refractivity contribution in [3.63, 3.8) is 0 Å². The Kier molecular flexibility index (Phi) is 6.63. The Morgan fingerprint density at radius 3 is 2.59 bits per heavy atom. The lowest BCUT2D eigenvalue weighted by Gasteiger charge is -2.16. The van der Waals surface area contributed by atoms with Gasteiger partial charge in [0.15, 0.2) is 6.61 Å². The van der Waals surface area contributed by atoms with E-state index in [4.69, 9.17) is 9.47 Å². The van der Waals surface area contributed by atoms with E-state index in [-0.39, 0.29) is 5.91 Å². The lowest BCUT2D eigenvalue weighted by atomic mass is 10.2. The monoisotopic (exact) mass is 394 g/mol. The van der Waals surface area contributed by atoms with E-state index >= 15 is 0 Å². The molecule has 29 heavy (non-hydrogen) atoms. The van der Waals surface area contributed by atoms with Crippen LogP contribution in [0, 0.1) is 0 Å². The van der Waals surface area contributed by atoms with Crippen molar-refractivity contribution in [2.75, 3.05) is 30.5 Å². The van der Waals surface area contributed by atoms with Gasteiger partial charge in [-0.05, 0) is 42.8 Å². The highest BCUT2D eigenvalue weighted by Crippen LogP contribution is 2.23. The summed E-state index contributed by atoms with van der Waals surface area (Å²) < 4.78 is 10.2. The number of rotatable bonds is 7. The minimum absolute atomic E-state index is 0.106. The van der Waals surface area contributed by atoms with Crippen LogP contribution in [0.25, 0.3) is 6.08 Å². The minimum atomic E-state index is -0.631. The SMILES string of the molecule is COc1ccccc1/C=C/C(=O)OCC(=O)Nc1ccc(N2CCCC2=O)cc1. The van der Waals surface area contributed by atoms with Gasteiger partial charge < -0.3 is 19.7 Å². The van der Waals surface area contributed by atoms with Gasteiger partial charge in [-0.25, -0.2) is 4.79 Å². The molecule has 0 radical (unpaired) electrons. The number of benzene rings is 2. The van der Waals surface area contributed by atoms with Crippen molar-refractivity contribution in [3.05, 3.63) is 60.2 Å². The van der Waals surface area contributed by atoms with Gasteiger partial charge in [0.25, 0.3) is 5.91 Å². The number of methoxy groups -OCH3 is 1. The molecule has 150 valence electrons. The zero-order chi connectivity index (χ0) is 20.6. The summed E-state index contributed by atoms with van der Waals surface area (Å²) in [5.41, 5.74) is 2.09. The Labute approximate surface area is 168 Å². The number of esters is 1. The van der Waals surface area contributed by atoms with Gasteiger partial charge in [0.2, 0.25) is 5.91 Å². The summed E-state index contributed by atoms with van der Waals surface area (Å²) in [6, 6.07) is 14.2. The molecule has 0 unspecified atom stereocenters. The molecule has 2 aromatic rings. The van der Waals surface area contributed by atoms with Crippen molar-refractivity contribution in [1.82, 2.24) is 0 Å². The number of nitrogens with zero attached hydrogens (tertiary/aromatic N) is 1. The maximum Gasteiger partial charge on any atom is 0.331 e. The van der Waals surface area contributed by atoms with Crippen LogP contribution in [0.1, 0.15) is 18.4 Å². The zero-order valence-electron chi connectivity index (χ0n) is 16.1. The van der Waals surface area contributed by atoms with Gasteiger partial charge in [0, 0.05) is 36.0 Å². The van der Waals surface area contributed by atoms with Crippen molar-refractivity contribution in [3.8, 4) is 5.75 Å². The first-order valence-electron chi connectivity index (χ1n) is 9.25. The van der Waals surface area contributed by atoms with E-state index in [2.05, 4.69) is 5.32 Å². The Bertz CT molecular complexity index is 921. The number of para-hydroxylation sites is 1. The summed E-state index contributed by atoms with van der Waals surface area (Å²) >= 11 is 0. The molecule has 1 fully saturated rings. The van der Waals surface area contributed by atoms with Gasteiger partial charge in [0.05, 0.1) is 7.11 Å². The van der Waals surface area contributed by atoms with Crippen LogP contribution in [0.2, 0.25) is 0 Å². The molecule has 1 heterocycles. The molecule has 0 spiro atoms. The second kappa shape index (κ2) is 9.54. The topological polar surface area (TPSA) is 84.9 Å². The van der Waals surface area contributed by atoms with Crippen molar-refractivity contribution >= 4 is 35.2 Å². The highest BCUT2D eigenvalue weighted by molar-refractivity contribution is 5.97. The number of ether oxygens (including phenoxy) is 2. The lowest BCUT2D eigenvalue weighted by molar-refractivity contribution is -0.142. The fourth-order valence-corrected chi connectivity index (χ4v) is 2.99. The Hall–Kier alpha value is -3.61. The fraction of sp³-hybridized carbons (Fsp3) is 0.227. The predicted molar refractivity (Wildman–Crippen MR) is 110 cm³/mol. The van der Waals surface area contributed by atoms with Crippen LogP contribution in [-0.2, 0) is 19.1 Å². The Balaban J connectivity index is 1.47. The fourth-order valence-electron chi connectivity index (χ4n) is 2.99. The van der Waals surface area contributed by atoms with Gasteiger partial charge in [-0.2, -0.15) is 0 Å². The molecule has 1 N–H and O–H groups in total. The smallest absolute Gasteiger partial charge is 0.331 e. The van der Waals surface area contributed by atoms with E-state index in [1.165, 1.54) is 6.08 Å². The largest absolute Gasteiger partial charge is 0.496 e. The molecule has 1 saturated heterocycles. The summed E-state index contributed by atoms with van der Waals surface area (Å²) in [6.45, 7) is 0.310. The summed E-state index contributed by atoms with van der Waals surface area (Å²) in [5, 5.41) is 2.65. The van der Waals surface area contributed by atoms with Crippen molar-refractivity contribution < 1.29 is 23.9 Å². The second-order valence-electron chi connectivity index (χ2n) is 6.43. The third-order valence-corrected chi connectivity index (χ3v) is 4.42. The molecular formula is C22H22N2O5. The molecule has 0 aliphatic carbocycles. The summed E-state index contributed by atoms with van der Waals surface area (Å²) in [4.78, 5) is 37.3. The number of hydrogen-bond donors (Lipinski definition) is 1. The third kappa shape index (κ3) is 5.44. The van der Waals surface area contributed by atoms with E-state index < -0.39 is 18.5 Å². The highest BCUT2D eigenvalue weighted by atomic mass is 16.5. The van der Waals surface area contributed by atoms with Crippen LogP contribution in [-0.4, -0.2) is 38.0 Å². The van der Waals surface area contributed by atoms with Gasteiger partial charge in [-0.15, -0.1) is 0 Å². The average Bonchev–Trinajstić information content (AvgIpc) is 3.17. The molecule has 1 aliphatic rings. The molecular weight excluding hydrogens is 372 g/mol. The van der Waals surface area contributed by atoms with Crippen LogP contribution in [0.15, 0.2) is 54.6 Å². The van der Waals surface area contributed by atoms with Crippen molar-refractivity contribution in [1.29, 1.82) is 0 Å². The van der Waals surface area contributed by atoms with Crippen LogP contribution >= 0.6 is 0 Å². The Morgan fingerprint density at radius 2 is 1.90 bits per heavy atom. The minimum Gasteiger partial charge on any atom is -0.496 e. The predicted octanol–water partition coefficient (Wildman–Crippen LogP) is 3.02. The van der Waals surface area contributed by atoms with Crippen LogP contribution in [0.3, 0.4) is 0 Å². The van der Waals surface area contributed by atoms with Crippen LogP contribution < -0.4 is 15.0 Å². The number of amides is 2. The number of nitrogens with one attached hydrogen (secondary N) is 1. The quantitative estimate of drug-likeness (QED) is 0.576. The molecule has 0 bridgehead atoms. The van der Waals surface area contributed by atoms with Crippen LogP contribution in [0.5, 0.6) is 5.75 Å². The summed E-state index contributed by atoms with van der Waals surface area (Å²) in [5.74, 6) is -0.341. The van der Waals surface area contributed by atoms with Crippen molar-refractivity contribution in [2.45, 2.75) is 12.8 Å². The van der Waals surface area contributed by atoms with E-state index in [1.54, 1.807) is 54.5 Å². The molecule has 7 nitrogen and oxygen atoms in total. The normalized spacial score (nSPS) is 13.6. The summed E-state index contributed by atoms with van der Waals surface area (Å²) in [7, 11) is 1.55. The van der Waals surface area contributed by atoms with E-state index in [0.717, 1.165) is 17.7 Å². The number of carbonyl (C=O) groups excluding carboxylic acids is 3.